The highest BCUT2D eigenvalue weighted by Crippen LogP contribution is 2.16. The van der Waals surface area contributed by atoms with Crippen LogP contribution in [0.15, 0.2) is 30.3 Å². The fourth-order valence-electron chi connectivity index (χ4n) is 2.26. The average Bonchev–Trinajstić information content (AvgIpc) is 2.59. The molecule has 0 saturated carbocycles. The van der Waals surface area contributed by atoms with Crippen LogP contribution in [0.3, 0.4) is 0 Å². The lowest BCUT2D eigenvalue weighted by Gasteiger charge is -2.21. The molecular weight excluding hydrogens is 198 g/mol. The molecule has 1 aliphatic rings. The van der Waals surface area contributed by atoms with Crippen LogP contribution >= 0.6 is 0 Å². The van der Waals surface area contributed by atoms with Gasteiger partial charge < -0.3 is 10.1 Å². The van der Waals surface area contributed by atoms with E-state index in [2.05, 4.69) is 42.6 Å². The number of ether oxygens (including phenoxy) is 1. The van der Waals surface area contributed by atoms with E-state index in [0.29, 0.717) is 12.1 Å². The molecule has 0 spiro atoms. The molecule has 0 amide bonds. The molecule has 2 rings (SSSR count). The molecule has 0 bridgehead atoms. The van der Waals surface area contributed by atoms with Crippen LogP contribution < -0.4 is 5.32 Å². The predicted molar refractivity (Wildman–Crippen MR) is 66.5 cm³/mol. The number of hydrogen-bond acceptors (Lipinski definition) is 2. The minimum absolute atomic E-state index is 0.435. The maximum atomic E-state index is 5.47. The Kier molecular flexibility index (Phi) is 4.37. The lowest BCUT2D eigenvalue weighted by atomic mass is 10.0. The predicted octanol–water partition coefficient (Wildman–Crippen LogP) is 2.91. The Labute approximate surface area is 98.0 Å². The van der Waals surface area contributed by atoms with Gasteiger partial charge in [-0.25, -0.2) is 0 Å². The van der Waals surface area contributed by atoms with Crippen molar-refractivity contribution in [3.63, 3.8) is 0 Å². The molecule has 0 aromatic heterocycles. The van der Waals surface area contributed by atoms with Gasteiger partial charge in [-0.05, 0) is 31.7 Å². The van der Waals surface area contributed by atoms with Crippen LogP contribution in [0, 0.1) is 0 Å². The van der Waals surface area contributed by atoms with Crippen LogP contribution in [0.4, 0.5) is 0 Å². The van der Waals surface area contributed by atoms with Gasteiger partial charge >= 0.3 is 0 Å². The highest BCUT2D eigenvalue weighted by Gasteiger charge is 2.15. The highest BCUT2D eigenvalue weighted by molar-refractivity contribution is 5.18. The van der Waals surface area contributed by atoms with Gasteiger partial charge in [-0.2, -0.15) is 0 Å². The minimum atomic E-state index is 0.435. The molecule has 88 valence electrons. The van der Waals surface area contributed by atoms with E-state index in [1.54, 1.807) is 0 Å². The first kappa shape index (κ1) is 11.6. The minimum Gasteiger partial charge on any atom is -0.381 e. The van der Waals surface area contributed by atoms with E-state index >= 15 is 0 Å². The van der Waals surface area contributed by atoms with Gasteiger partial charge in [0.1, 0.15) is 0 Å². The smallest absolute Gasteiger partial charge is 0.0480 e. The van der Waals surface area contributed by atoms with Crippen molar-refractivity contribution in [2.75, 3.05) is 13.2 Å². The zero-order valence-corrected chi connectivity index (χ0v) is 9.99. The molecule has 1 aliphatic heterocycles. The second-order valence-corrected chi connectivity index (χ2v) is 4.54. The van der Waals surface area contributed by atoms with Crippen molar-refractivity contribution in [2.24, 2.45) is 0 Å². The lowest BCUT2D eigenvalue weighted by molar-refractivity contribution is 0.142. The second kappa shape index (κ2) is 6.02. The van der Waals surface area contributed by atoms with Crippen LogP contribution in [0.5, 0.6) is 0 Å². The van der Waals surface area contributed by atoms with E-state index in [-0.39, 0.29) is 0 Å². The first-order chi connectivity index (χ1) is 7.86. The van der Waals surface area contributed by atoms with Crippen molar-refractivity contribution in [2.45, 2.75) is 38.3 Å². The van der Waals surface area contributed by atoms with Crippen molar-refractivity contribution in [3.8, 4) is 0 Å². The van der Waals surface area contributed by atoms with Gasteiger partial charge in [-0.3, -0.25) is 0 Å². The van der Waals surface area contributed by atoms with E-state index in [9.17, 15) is 0 Å². The van der Waals surface area contributed by atoms with Gasteiger partial charge in [-0.15, -0.1) is 0 Å². The largest absolute Gasteiger partial charge is 0.381 e. The Hall–Kier alpha value is -0.860. The third kappa shape index (κ3) is 3.32. The summed E-state index contributed by atoms with van der Waals surface area (Å²) < 4.78 is 5.47. The normalized spacial score (nSPS) is 23.7. The molecule has 1 unspecified atom stereocenters. The van der Waals surface area contributed by atoms with E-state index in [1.165, 1.54) is 18.4 Å². The standard InChI is InChI=1S/C14H21NO/c1-12(13-6-3-2-4-7-13)15-14-8-5-10-16-11-9-14/h2-4,6-7,12,14-15H,5,8-11H2,1H3/t12-,14?/m0/s1. The van der Waals surface area contributed by atoms with Crippen molar-refractivity contribution in [1.29, 1.82) is 0 Å². The van der Waals surface area contributed by atoms with Gasteiger partial charge in [0.05, 0.1) is 0 Å². The average molecular weight is 219 g/mol. The molecule has 16 heavy (non-hydrogen) atoms. The summed E-state index contributed by atoms with van der Waals surface area (Å²) in [7, 11) is 0. The zero-order valence-electron chi connectivity index (χ0n) is 9.99. The fourth-order valence-corrected chi connectivity index (χ4v) is 2.26. The molecule has 0 radical (unpaired) electrons. The SMILES string of the molecule is C[C@H](NC1CCCOCC1)c1ccccc1. The van der Waals surface area contributed by atoms with E-state index in [4.69, 9.17) is 4.74 Å². The summed E-state index contributed by atoms with van der Waals surface area (Å²) in [6, 6.07) is 11.7. The quantitative estimate of drug-likeness (QED) is 0.844. The molecule has 1 aromatic carbocycles. The molecule has 0 aliphatic carbocycles. The maximum absolute atomic E-state index is 5.47. The Bertz CT molecular complexity index is 291. The first-order valence-electron chi connectivity index (χ1n) is 6.25. The summed E-state index contributed by atoms with van der Waals surface area (Å²) >= 11 is 0. The van der Waals surface area contributed by atoms with Gasteiger partial charge in [0.25, 0.3) is 0 Å². The maximum Gasteiger partial charge on any atom is 0.0480 e. The van der Waals surface area contributed by atoms with Crippen LogP contribution in [-0.2, 0) is 4.74 Å². The van der Waals surface area contributed by atoms with Crippen LogP contribution in [0.1, 0.15) is 37.8 Å². The van der Waals surface area contributed by atoms with Crippen molar-refractivity contribution in [3.05, 3.63) is 35.9 Å². The lowest BCUT2D eigenvalue weighted by Crippen LogP contribution is -2.31. The number of rotatable bonds is 3. The third-order valence-electron chi connectivity index (χ3n) is 3.24. The molecule has 2 heteroatoms. The Morgan fingerprint density at radius 1 is 1.19 bits per heavy atom. The summed E-state index contributed by atoms with van der Waals surface area (Å²) in [5.41, 5.74) is 1.37. The first-order valence-corrected chi connectivity index (χ1v) is 6.25. The Morgan fingerprint density at radius 3 is 2.81 bits per heavy atom. The molecule has 2 atom stereocenters. The fraction of sp³-hybridized carbons (Fsp3) is 0.571. The monoisotopic (exact) mass is 219 g/mol. The van der Waals surface area contributed by atoms with Crippen LogP contribution in [-0.4, -0.2) is 19.3 Å². The highest BCUT2D eigenvalue weighted by atomic mass is 16.5. The van der Waals surface area contributed by atoms with Gasteiger partial charge in [0, 0.05) is 25.3 Å². The number of hydrogen-bond donors (Lipinski definition) is 1. The van der Waals surface area contributed by atoms with Crippen molar-refractivity contribution >= 4 is 0 Å². The summed E-state index contributed by atoms with van der Waals surface area (Å²) in [4.78, 5) is 0. The summed E-state index contributed by atoms with van der Waals surface area (Å²) in [6.07, 6.45) is 3.55. The molecular formula is C14H21NO. The van der Waals surface area contributed by atoms with Crippen LogP contribution in [0.25, 0.3) is 0 Å². The summed E-state index contributed by atoms with van der Waals surface area (Å²) in [5, 5.41) is 3.70. The molecule has 2 nitrogen and oxygen atoms in total. The third-order valence-corrected chi connectivity index (χ3v) is 3.24. The molecule has 1 saturated heterocycles. The number of benzene rings is 1. The van der Waals surface area contributed by atoms with Crippen LogP contribution in [0.2, 0.25) is 0 Å². The molecule has 1 N–H and O–H groups in total. The van der Waals surface area contributed by atoms with Gasteiger partial charge in [0.2, 0.25) is 0 Å². The molecule has 1 aromatic rings. The Balaban J connectivity index is 1.88. The van der Waals surface area contributed by atoms with E-state index in [0.717, 1.165) is 19.6 Å². The topological polar surface area (TPSA) is 21.3 Å². The molecule has 1 heterocycles. The summed E-state index contributed by atoms with van der Waals surface area (Å²) in [6.45, 7) is 4.07. The van der Waals surface area contributed by atoms with E-state index < -0.39 is 0 Å². The van der Waals surface area contributed by atoms with Gasteiger partial charge in [-0.1, -0.05) is 30.3 Å². The van der Waals surface area contributed by atoms with Crippen molar-refractivity contribution in [1.82, 2.24) is 5.32 Å². The second-order valence-electron chi connectivity index (χ2n) is 4.54. The summed E-state index contributed by atoms with van der Waals surface area (Å²) in [5.74, 6) is 0. The van der Waals surface area contributed by atoms with Gasteiger partial charge in [0.15, 0.2) is 0 Å². The number of nitrogens with one attached hydrogen (secondary N) is 1. The van der Waals surface area contributed by atoms with Crippen molar-refractivity contribution < 1.29 is 4.74 Å². The Morgan fingerprint density at radius 2 is 2.00 bits per heavy atom. The van der Waals surface area contributed by atoms with E-state index in [1.807, 2.05) is 0 Å². The molecule has 1 fully saturated rings. The zero-order chi connectivity index (χ0) is 11.2.